The number of aromatic nitrogens is 4. The molecule has 0 bridgehead atoms. The number of nitrogens with zero attached hydrogens (tertiary/aromatic N) is 3. The number of ketones is 2. The quantitative estimate of drug-likeness (QED) is 0.459. The van der Waals surface area contributed by atoms with E-state index >= 15 is 0 Å². The minimum Gasteiger partial charge on any atom is -0.454 e. The number of hydrogen-bond donors (Lipinski definition) is 1. The Morgan fingerprint density at radius 3 is 2.45 bits per heavy atom. The maximum absolute atomic E-state index is 12.8. The Balaban J connectivity index is 1.69. The van der Waals surface area contributed by atoms with Crippen molar-refractivity contribution in [3.05, 3.63) is 51.2 Å². The third-order valence-corrected chi connectivity index (χ3v) is 5.58. The zero-order valence-corrected chi connectivity index (χ0v) is 19.0. The number of esters is 1. The SMILES string of the molecule is CC(=O)c1c(C)[nH]c(C(=O)[C@@H](C)OC(=O)CCc2c(C)nc3cc(C)nn3c2C)c1C. The Morgan fingerprint density at radius 2 is 1.84 bits per heavy atom. The van der Waals surface area contributed by atoms with Gasteiger partial charge in [0.2, 0.25) is 5.78 Å². The molecule has 0 unspecified atom stereocenters. The number of hydrogen-bond acceptors (Lipinski definition) is 6. The van der Waals surface area contributed by atoms with Gasteiger partial charge in [0, 0.05) is 35.1 Å². The van der Waals surface area contributed by atoms with Crippen LogP contribution >= 0.6 is 0 Å². The molecule has 3 rings (SSSR count). The van der Waals surface area contributed by atoms with Crippen molar-refractivity contribution < 1.29 is 19.1 Å². The minimum atomic E-state index is -0.958. The fraction of sp³-hybridized carbons (Fsp3) is 0.435. The second-order valence-electron chi connectivity index (χ2n) is 7.99. The lowest BCUT2D eigenvalue weighted by atomic mass is 10.0. The molecule has 0 saturated heterocycles. The molecule has 31 heavy (non-hydrogen) atoms. The van der Waals surface area contributed by atoms with Crippen molar-refractivity contribution in [2.24, 2.45) is 0 Å². The zero-order valence-electron chi connectivity index (χ0n) is 19.0. The lowest BCUT2D eigenvalue weighted by molar-refractivity contribution is -0.146. The number of ether oxygens (including phenoxy) is 1. The van der Waals surface area contributed by atoms with Crippen LogP contribution in [0.3, 0.4) is 0 Å². The molecule has 3 heterocycles. The van der Waals surface area contributed by atoms with Crippen LogP contribution in [0.2, 0.25) is 0 Å². The molecule has 3 aromatic heterocycles. The molecule has 8 nitrogen and oxygen atoms in total. The highest BCUT2D eigenvalue weighted by molar-refractivity contribution is 6.05. The highest BCUT2D eigenvalue weighted by Gasteiger charge is 2.26. The van der Waals surface area contributed by atoms with Crippen molar-refractivity contribution in [2.75, 3.05) is 0 Å². The third kappa shape index (κ3) is 4.28. The van der Waals surface area contributed by atoms with Crippen molar-refractivity contribution in [1.29, 1.82) is 0 Å². The van der Waals surface area contributed by atoms with E-state index in [0.717, 1.165) is 28.3 Å². The number of rotatable bonds is 7. The summed E-state index contributed by atoms with van der Waals surface area (Å²) in [6.45, 7) is 12.2. The van der Waals surface area contributed by atoms with Crippen LogP contribution in [0.5, 0.6) is 0 Å². The molecule has 1 N–H and O–H groups in total. The number of aromatic amines is 1. The molecule has 164 valence electrons. The lowest BCUT2D eigenvalue weighted by Crippen LogP contribution is -2.25. The van der Waals surface area contributed by atoms with Gasteiger partial charge in [0.25, 0.3) is 0 Å². The van der Waals surface area contributed by atoms with Gasteiger partial charge in [-0.3, -0.25) is 14.4 Å². The van der Waals surface area contributed by atoms with Gasteiger partial charge in [0.05, 0.1) is 11.4 Å². The first-order valence-electron chi connectivity index (χ1n) is 10.3. The summed E-state index contributed by atoms with van der Waals surface area (Å²) in [6.07, 6.45) is -0.400. The van der Waals surface area contributed by atoms with Gasteiger partial charge in [-0.05, 0) is 66.0 Å². The normalized spacial score (nSPS) is 12.2. The average Bonchev–Trinajstić information content (AvgIpc) is 3.19. The van der Waals surface area contributed by atoms with Crippen molar-refractivity contribution in [2.45, 2.75) is 67.4 Å². The molecular formula is C23H28N4O4. The molecular weight excluding hydrogens is 396 g/mol. The van der Waals surface area contributed by atoms with Crippen LogP contribution in [-0.4, -0.2) is 43.2 Å². The summed E-state index contributed by atoms with van der Waals surface area (Å²) in [6, 6.07) is 1.91. The number of H-pyrrole nitrogens is 1. The van der Waals surface area contributed by atoms with Crippen molar-refractivity contribution in [3.8, 4) is 0 Å². The number of nitrogens with one attached hydrogen (secondary N) is 1. The predicted molar refractivity (Wildman–Crippen MR) is 116 cm³/mol. The number of carbonyl (C=O) groups excluding carboxylic acids is 3. The number of aryl methyl sites for hydroxylation is 4. The number of fused-ring (bicyclic) bond motifs is 1. The highest BCUT2D eigenvalue weighted by atomic mass is 16.5. The van der Waals surface area contributed by atoms with Crippen LogP contribution in [0, 0.1) is 34.6 Å². The van der Waals surface area contributed by atoms with Gasteiger partial charge in [-0.2, -0.15) is 5.10 Å². The van der Waals surface area contributed by atoms with Crippen LogP contribution in [0.25, 0.3) is 5.65 Å². The topological polar surface area (TPSA) is 106 Å². The van der Waals surface area contributed by atoms with E-state index in [2.05, 4.69) is 15.1 Å². The predicted octanol–water partition coefficient (Wildman–Crippen LogP) is 3.55. The Morgan fingerprint density at radius 1 is 1.16 bits per heavy atom. The first-order chi connectivity index (χ1) is 14.5. The molecule has 0 saturated carbocycles. The molecule has 0 aliphatic carbocycles. The van der Waals surface area contributed by atoms with Crippen LogP contribution in [0.1, 0.15) is 75.0 Å². The van der Waals surface area contributed by atoms with E-state index in [9.17, 15) is 14.4 Å². The van der Waals surface area contributed by atoms with E-state index in [1.165, 1.54) is 6.92 Å². The molecule has 0 spiro atoms. The van der Waals surface area contributed by atoms with E-state index in [0.29, 0.717) is 28.9 Å². The molecule has 0 radical (unpaired) electrons. The number of Topliss-reactive ketones (excluding diaryl/α,β-unsaturated/α-hetero) is 2. The largest absolute Gasteiger partial charge is 0.454 e. The van der Waals surface area contributed by atoms with E-state index in [4.69, 9.17) is 4.74 Å². The fourth-order valence-corrected chi connectivity index (χ4v) is 4.07. The maximum atomic E-state index is 12.8. The van der Waals surface area contributed by atoms with Gasteiger partial charge < -0.3 is 9.72 Å². The standard InChI is InChI=1S/C23H28N4O4/c1-11-10-19-24-13(3)18(15(5)27(19)26-11)8-9-20(29)31-17(7)23(30)22-12(2)21(16(6)28)14(4)25-22/h10,17,25H,8-9H2,1-7H3/t17-/m1/s1. The van der Waals surface area contributed by atoms with Crippen LogP contribution < -0.4 is 0 Å². The van der Waals surface area contributed by atoms with Crippen LogP contribution in [-0.2, 0) is 16.0 Å². The van der Waals surface area contributed by atoms with Gasteiger partial charge >= 0.3 is 5.97 Å². The first kappa shape index (κ1) is 22.4. The lowest BCUT2D eigenvalue weighted by Gasteiger charge is -2.14. The average molecular weight is 425 g/mol. The monoisotopic (exact) mass is 424 g/mol. The molecule has 0 amide bonds. The Hall–Kier alpha value is -3.29. The van der Waals surface area contributed by atoms with E-state index in [-0.39, 0.29) is 18.0 Å². The summed E-state index contributed by atoms with van der Waals surface area (Å²) in [7, 11) is 0. The molecule has 0 fully saturated rings. The number of carbonyl (C=O) groups is 3. The van der Waals surface area contributed by atoms with Crippen molar-refractivity contribution >= 4 is 23.2 Å². The van der Waals surface area contributed by atoms with Gasteiger partial charge in [0.15, 0.2) is 17.5 Å². The third-order valence-electron chi connectivity index (χ3n) is 5.58. The molecule has 0 aliphatic rings. The smallest absolute Gasteiger partial charge is 0.306 e. The van der Waals surface area contributed by atoms with Crippen molar-refractivity contribution in [3.63, 3.8) is 0 Å². The molecule has 1 atom stereocenters. The maximum Gasteiger partial charge on any atom is 0.306 e. The second kappa shape index (κ2) is 8.45. The summed E-state index contributed by atoms with van der Waals surface area (Å²) in [4.78, 5) is 44.5. The van der Waals surface area contributed by atoms with Crippen molar-refractivity contribution in [1.82, 2.24) is 19.6 Å². The highest BCUT2D eigenvalue weighted by Crippen LogP contribution is 2.21. The van der Waals surface area contributed by atoms with E-state index in [1.807, 2.05) is 26.8 Å². The molecule has 0 aromatic carbocycles. The Bertz CT molecular complexity index is 1200. The Labute approximate surface area is 181 Å². The van der Waals surface area contributed by atoms with Crippen LogP contribution in [0.4, 0.5) is 0 Å². The summed E-state index contributed by atoms with van der Waals surface area (Å²) >= 11 is 0. The van der Waals surface area contributed by atoms with Gasteiger partial charge in [-0.25, -0.2) is 9.50 Å². The molecule has 3 aromatic rings. The van der Waals surface area contributed by atoms with Gasteiger partial charge in [-0.15, -0.1) is 0 Å². The first-order valence-corrected chi connectivity index (χ1v) is 10.3. The zero-order chi connectivity index (χ0) is 23.0. The van der Waals surface area contributed by atoms with Gasteiger partial charge in [-0.1, -0.05) is 0 Å². The summed E-state index contributed by atoms with van der Waals surface area (Å²) in [5.41, 5.74) is 6.39. The van der Waals surface area contributed by atoms with E-state index in [1.54, 1.807) is 25.3 Å². The second-order valence-corrected chi connectivity index (χ2v) is 7.99. The van der Waals surface area contributed by atoms with Gasteiger partial charge in [0.1, 0.15) is 0 Å². The Kier molecular flexibility index (Phi) is 6.10. The minimum absolute atomic E-state index is 0.112. The summed E-state index contributed by atoms with van der Waals surface area (Å²) in [5, 5.41) is 4.44. The summed E-state index contributed by atoms with van der Waals surface area (Å²) < 4.78 is 7.16. The fourth-order valence-electron chi connectivity index (χ4n) is 4.07. The van der Waals surface area contributed by atoms with Crippen LogP contribution in [0.15, 0.2) is 6.07 Å². The summed E-state index contributed by atoms with van der Waals surface area (Å²) in [5.74, 6) is -0.938. The molecule has 0 aliphatic heterocycles. The molecule has 8 heteroatoms. The van der Waals surface area contributed by atoms with E-state index < -0.39 is 12.1 Å².